The molecule has 1 rings (SSSR count). The van der Waals surface area contributed by atoms with Crippen molar-refractivity contribution in [3.8, 4) is 0 Å². The summed E-state index contributed by atoms with van der Waals surface area (Å²) in [6.45, 7) is 6.81. The van der Waals surface area contributed by atoms with E-state index in [-0.39, 0.29) is 5.78 Å². The number of ketones is 1. The van der Waals surface area contributed by atoms with Crippen molar-refractivity contribution in [3.05, 3.63) is 0 Å². The van der Waals surface area contributed by atoms with Gasteiger partial charge < -0.3 is 25.7 Å². The van der Waals surface area contributed by atoms with E-state index in [1.807, 2.05) is 0 Å². The van der Waals surface area contributed by atoms with Crippen molar-refractivity contribution in [3.63, 3.8) is 0 Å². The Morgan fingerprint density at radius 2 is 0.464 bits per heavy atom. The van der Waals surface area contributed by atoms with Crippen LogP contribution < -0.4 is 0 Å². The summed E-state index contributed by atoms with van der Waals surface area (Å²) in [6, 6.07) is 0. The van der Waals surface area contributed by atoms with Gasteiger partial charge in [0.05, 0.1) is 0 Å². The van der Waals surface area contributed by atoms with Crippen molar-refractivity contribution in [2.45, 2.75) is 342 Å². The summed E-state index contributed by atoms with van der Waals surface area (Å²) in [5.41, 5.74) is -1.15. The zero-order valence-corrected chi connectivity index (χ0v) is 53.8. The standard InChI is InChI=1S/C56H110O3.H10O5Si5/c1-4-7-10-13-16-18-20-22-24-25-26-27-28-29-30-31-32-33-34-35-36-37-39-41-43-45-48-51-54(57)56(55(58)59,52-49-46-15-12-9-6-3)53-50-47-44-42-40-38-23-21-19-17-14-11-8-5-2;1-6-2-8-4-10-5-9-3-7-1/h4-53H2,1-3H3,(H,58,59);6-10H2. The topological polar surface area (TPSA) is 101 Å². The molecule has 0 aliphatic carbocycles. The largest absolute Gasteiger partial charge is 0.480 e. The molecule has 0 spiro atoms. The molecule has 0 amide bonds. The van der Waals surface area contributed by atoms with E-state index < -0.39 is 61.4 Å². The molecule has 1 unspecified atom stereocenters. The molecule has 0 bridgehead atoms. The SMILES string of the molecule is CCCCCCCCCCCCCCCCCCCCCCCCCCCCCC(=O)C(CCCCCCCC)(CCCCCCCCCCCCCCCC)C(=O)O.O1[SiH2]O[SiH2]O[SiH2]O[SiH2]O[SiH2]1. The van der Waals surface area contributed by atoms with E-state index in [0.29, 0.717) is 19.3 Å². The van der Waals surface area contributed by atoms with Gasteiger partial charge in [-0.1, -0.05) is 316 Å². The molecular formula is C56H120O8Si5. The fourth-order valence-electron chi connectivity index (χ4n) is 10.0. The number of carbonyl (C=O) groups excluding carboxylic acids is 1. The van der Waals surface area contributed by atoms with E-state index in [9.17, 15) is 14.7 Å². The van der Waals surface area contributed by atoms with Crippen LogP contribution in [0.5, 0.6) is 0 Å². The van der Waals surface area contributed by atoms with Crippen LogP contribution in [0.2, 0.25) is 0 Å². The Kier molecular flexibility index (Phi) is 58.9. The maximum absolute atomic E-state index is 13.7. The Bertz CT molecular complexity index is 1000. The van der Waals surface area contributed by atoms with Crippen LogP contribution >= 0.6 is 0 Å². The van der Waals surface area contributed by atoms with Crippen LogP contribution in [-0.2, 0) is 30.2 Å². The van der Waals surface area contributed by atoms with E-state index >= 15 is 0 Å². The highest BCUT2D eigenvalue weighted by Crippen LogP contribution is 2.36. The first-order valence-electron chi connectivity index (χ1n) is 30.7. The Morgan fingerprint density at radius 1 is 0.290 bits per heavy atom. The highest BCUT2D eigenvalue weighted by atomic mass is 28.4. The molecule has 0 aromatic heterocycles. The van der Waals surface area contributed by atoms with E-state index in [1.54, 1.807) is 0 Å². The summed E-state index contributed by atoms with van der Waals surface area (Å²) in [6.07, 6.45) is 63.7. The number of unbranched alkanes of at least 4 members (excludes halogenated alkanes) is 44. The first kappa shape index (κ1) is 69.0. The Morgan fingerprint density at radius 3 is 0.652 bits per heavy atom. The van der Waals surface area contributed by atoms with E-state index in [2.05, 4.69) is 20.8 Å². The third-order valence-corrected chi connectivity index (χ3v) is 21.4. The van der Waals surface area contributed by atoms with Gasteiger partial charge in [-0.3, -0.25) is 9.59 Å². The van der Waals surface area contributed by atoms with Gasteiger partial charge in [-0.25, -0.2) is 0 Å². The van der Waals surface area contributed by atoms with Crippen molar-refractivity contribution in [1.29, 1.82) is 0 Å². The molecule has 0 aromatic rings. The molecular weight excluding hydrogens is 941 g/mol. The summed E-state index contributed by atoms with van der Waals surface area (Å²) >= 11 is 0. The molecule has 1 heterocycles. The second-order valence-corrected chi connectivity index (χ2v) is 30.6. The molecule has 412 valence electrons. The smallest absolute Gasteiger partial charge is 0.317 e. The average molecular weight is 1060 g/mol. The van der Waals surface area contributed by atoms with Gasteiger partial charge >= 0.3 is 5.97 Å². The number of carboxylic acid groups (broad SMARTS) is 1. The lowest BCUT2D eigenvalue weighted by molar-refractivity contribution is -0.156. The molecule has 0 saturated carbocycles. The number of hydrogen-bond acceptors (Lipinski definition) is 7. The lowest BCUT2D eigenvalue weighted by Gasteiger charge is -2.28. The number of rotatable bonds is 52. The molecule has 8 nitrogen and oxygen atoms in total. The number of carbonyl (C=O) groups is 2. The second-order valence-electron chi connectivity index (χ2n) is 21.2. The predicted octanol–water partition coefficient (Wildman–Crippen LogP) is 15.3. The van der Waals surface area contributed by atoms with Gasteiger partial charge in [0.15, 0.2) is 0 Å². The summed E-state index contributed by atoms with van der Waals surface area (Å²) in [5.74, 6) is -0.802. The summed E-state index contributed by atoms with van der Waals surface area (Å²) < 4.78 is 25.8. The molecule has 1 saturated heterocycles. The van der Waals surface area contributed by atoms with Gasteiger partial charge in [0.25, 0.3) is 50.0 Å². The highest BCUT2D eigenvalue weighted by molar-refractivity contribution is 6.50. The molecule has 1 N–H and O–H groups in total. The van der Waals surface area contributed by atoms with Crippen LogP contribution in [0.3, 0.4) is 0 Å². The average Bonchev–Trinajstić information content (AvgIpc) is 3.36. The van der Waals surface area contributed by atoms with E-state index in [1.165, 1.54) is 257 Å². The maximum atomic E-state index is 13.7. The molecule has 1 atom stereocenters. The second kappa shape index (κ2) is 58.9. The van der Waals surface area contributed by atoms with E-state index in [4.69, 9.17) is 20.6 Å². The van der Waals surface area contributed by atoms with Crippen molar-refractivity contribution in [1.82, 2.24) is 0 Å². The van der Waals surface area contributed by atoms with Gasteiger partial charge in [0, 0.05) is 6.42 Å². The number of carboxylic acids is 1. The van der Waals surface area contributed by atoms with Crippen molar-refractivity contribution in [2.75, 3.05) is 0 Å². The van der Waals surface area contributed by atoms with Crippen molar-refractivity contribution < 1.29 is 35.3 Å². The lowest BCUT2D eigenvalue weighted by atomic mass is 9.73. The fourth-order valence-corrected chi connectivity index (χ4v) is 19.1. The van der Waals surface area contributed by atoms with E-state index in [0.717, 1.165) is 44.9 Å². The monoisotopic (exact) mass is 1060 g/mol. The molecule has 1 fully saturated rings. The first-order chi connectivity index (χ1) is 34.0. The highest BCUT2D eigenvalue weighted by Gasteiger charge is 2.43. The quantitative estimate of drug-likeness (QED) is 0.0365. The van der Waals surface area contributed by atoms with Crippen LogP contribution in [0.4, 0.5) is 0 Å². The van der Waals surface area contributed by atoms with Crippen LogP contribution in [0.25, 0.3) is 0 Å². The van der Waals surface area contributed by atoms with Gasteiger partial charge in [0.2, 0.25) is 0 Å². The normalized spacial score (nSPS) is 16.0. The summed E-state index contributed by atoms with van der Waals surface area (Å²) in [5, 5.41) is 10.5. The number of aliphatic carboxylic acids is 1. The van der Waals surface area contributed by atoms with Crippen LogP contribution in [-0.4, -0.2) is 66.9 Å². The Balaban J connectivity index is 0.00000406. The minimum atomic E-state index is -1.15. The van der Waals surface area contributed by atoms with Crippen LogP contribution in [0, 0.1) is 5.41 Å². The van der Waals surface area contributed by atoms with Crippen LogP contribution in [0.15, 0.2) is 0 Å². The lowest BCUT2D eigenvalue weighted by Crippen LogP contribution is -2.39. The van der Waals surface area contributed by atoms with Gasteiger partial charge in [-0.2, -0.15) is 0 Å². The minimum Gasteiger partial charge on any atom is -0.480 e. The third-order valence-electron chi connectivity index (χ3n) is 14.7. The molecule has 0 radical (unpaired) electrons. The molecule has 1 aliphatic rings. The van der Waals surface area contributed by atoms with Gasteiger partial charge in [-0.05, 0) is 19.3 Å². The predicted molar refractivity (Wildman–Crippen MR) is 311 cm³/mol. The summed E-state index contributed by atoms with van der Waals surface area (Å²) in [7, 11) is -3.62. The van der Waals surface area contributed by atoms with Crippen molar-refractivity contribution in [2.24, 2.45) is 5.41 Å². The molecule has 13 heteroatoms. The van der Waals surface area contributed by atoms with Crippen molar-refractivity contribution >= 4 is 61.8 Å². The molecule has 1 aliphatic heterocycles. The summed E-state index contributed by atoms with van der Waals surface area (Å²) in [4.78, 5) is 26.5. The minimum absolute atomic E-state index is 0.0350. The Hall–Kier alpha value is 0.0244. The van der Waals surface area contributed by atoms with Crippen LogP contribution in [0.1, 0.15) is 342 Å². The van der Waals surface area contributed by atoms with Gasteiger partial charge in [0.1, 0.15) is 11.2 Å². The zero-order chi connectivity index (χ0) is 50.1. The fraction of sp³-hybridized carbons (Fsp3) is 0.964. The third kappa shape index (κ3) is 50.0. The number of Topliss-reactive ketones (excluding diaryl/α,β-unsaturated/α-hetero) is 1. The first-order valence-corrected chi connectivity index (χ1v) is 36.5. The maximum Gasteiger partial charge on any atom is 0.317 e. The Labute approximate surface area is 442 Å². The zero-order valence-electron chi connectivity index (χ0n) is 46.7. The number of hydrogen-bond donors (Lipinski definition) is 1. The molecule has 69 heavy (non-hydrogen) atoms. The molecule has 0 aromatic carbocycles. The van der Waals surface area contributed by atoms with Gasteiger partial charge in [-0.15, -0.1) is 0 Å².